The maximum absolute atomic E-state index is 13.7. The van der Waals surface area contributed by atoms with Gasteiger partial charge in [0.15, 0.2) is 5.75 Å². The fraction of sp³-hybridized carbons (Fsp3) is 0.438. The number of nitrogens with one attached hydrogen (secondary N) is 1. The Labute approximate surface area is 123 Å². The molecule has 1 heterocycles. The van der Waals surface area contributed by atoms with Gasteiger partial charge in [-0.15, -0.1) is 0 Å². The molecule has 0 spiro atoms. The maximum Gasteiger partial charge on any atom is 0.171 e. The van der Waals surface area contributed by atoms with Crippen LogP contribution in [0, 0.1) is 19.7 Å². The molecule has 0 unspecified atom stereocenters. The summed E-state index contributed by atoms with van der Waals surface area (Å²) in [5.74, 6) is 0.935. The summed E-state index contributed by atoms with van der Waals surface area (Å²) in [6.45, 7) is 4.49. The Morgan fingerprint density at radius 1 is 1.33 bits per heavy atom. The third kappa shape index (κ3) is 3.24. The molecular formula is C16H20FN3O. The molecule has 1 fully saturated rings. The quantitative estimate of drug-likeness (QED) is 0.918. The molecule has 3 rings (SSSR count). The SMILES string of the molecule is Cc1nn(C)c(C)c1Oc1cc(F)cc(CNC2CC2)c1. The maximum atomic E-state index is 13.7. The van der Waals surface area contributed by atoms with Crippen molar-refractivity contribution in [1.82, 2.24) is 15.1 Å². The first kappa shape index (κ1) is 14.1. The Hall–Kier alpha value is -1.88. The number of aryl methyl sites for hydroxylation is 2. The highest BCUT2D eigenvalue weighted by atomic mass is 19.1. The number of hydrogen-bond donors (Lipinski definition) is 1. The van der Waals surface area contributed by atoms with Gasteiger partial charge in [0.05, 0.1) is 5.69 Å². The van der Waals surface area contributed by atoms with Gasteiger partial charge in [0, 0.05) is 25.7 Å². The zero-order chi connectivity index (χ0) is 15.0. The van der Waals surface area contributed by atoms with Gasteiger partial charge in [-0.1, -0.05) is 0 Å². The van der Waals surface area contributed by atoms with E-state index in [1.165, 1.54) is 18.9 Å². The molecule has 21 heavy (non-hydrogen) atoms. The van der Waals surface area contributed by atoms with Crippen LogP contribution in [0.15, 0.2) is 18.2 Å². The minimum atomic E-state index is -0.278. The number of halogens is 1. The largest absolute Gasteiger partial charge is 0.453 e. The average molecular weight is 289 g/mol. The summed E-state index contributed by atoms with van der Waals surface area (Å²) in [5, 5.41) is 7.68. The summed E-state index contributed by atoms with van der Waals surface area (Å²) in [7, 11) is 1.87. The summed E-state index contributed by atoms with van der Waals surface area (Å²) in [4.78, 5) is 0. The van der Waals surface area contributed by atoms with Crippen molar-refractivity contribution >= 4 is 0 Å². The lowest BCUT2D eigenvalue weighted by Crippen LogP contribution is -2.15. The minimum Gasteiger partial charge on any atom is -0.453 e. The molecule has 0 radical (unpaired) electrons. The summed E-state index contributed by atoms with van der Waals surface area (Å²) < 4.78 is 21.4. The van der Waals surface area contributed by atoms with E-state index in [0.717, 1.165) is 17.0 Å². The second kappa shape index (κ2) is 5.48. The van der Waals surface area contributed by atoms with Gasteiger partial charge in [0.25, 0.3) is 0 Å². The molecule has 1 saturated carbocycles. The van der Waals surface area contributed by atoms with E-state index >= 15 is 0 Å². The zero-order valence-corrected chi connectivity index (χ0v) is 12.6. The molecule has 0 atom stereocenters. The predicted octanol–water partition coefficient (Wildman–Crippen LogP) is 3.22. The first-order valence-electron chi connectivity index (χ1n) is 7.24. The number of rotatable bonds is 5. The van der Waals surface area contributed by atoms with Crippen LogP contribution in [-0.2, 0) is 13.6 Å². The lowest BCUT2D eigenvalue weighted by Gasteiger charge is -2.09. The molecule has 1 aromatic heterocycles. The topological polar surface area (TPSA) is 39.1 Å². The molecule has 0 aliphatic heterocycles. The van der Waals surface area contributed by atoms with Crippen molar-refractivity contribution in [1.29, 1.82) is 0 Å². The van der Waals surface area contributed by atoms with E-state index in [4.69, 9.17) is 4.74 Å². The van der Waals surface area contributed by atoms with E-state index in [9.17, 15) is 4.39 Å². The normalized spacial score (nSPS) is 14.5. The highest BCUT2D eigenvalue weighted by Crippen LogP contribution is 2.29. The fourth-order valence-corrected chi connectivity index (χ4v) is 2.35. The number of aromatic nitrogens is 2. The van der Waals surface area contributed by atoms with Gasteiger partial charge < -0.3 is 10.1 Å². The monoisotopic (exact) mass is 289 g/mol. The Morgan fingerprint density at radius 2 is 2.10 bits per heavy atom. The van der Waals surface area contributed by atoms with Gasteiger partial charge in [0.1, 0.15) is 17.3 Å². The fourth-order valence-electron chi connectivity index (χ4n) is 2.35. The third-order valence-electron chi connectivity index (χ3n) is 3.77. The van der Waals surface area contributed by atoms with Crippen molar-refractivity contribution in [2.45, 2.75) is 39.3 Å². The molecule has 1 aliphatic rings. The first-order chi connectivity index (χ1) is 10.0. The van der Waals surface area contributed by atoms with Crippen LogP contribution in [0.2, 0.25) is 0 Å². The van der Waals surface area contributed by atoms with Crippen LogP contribution in [0.3, 0.4) is 0 Å². The molecular weight excluding hydrogens is 269 g/mol. The van der Waals surface area contributed by atoms with Gasteiger partial charge in [-0.2, -0.15) is 5.10 Å². The van der Waals surface area contributed by atoms with Gasteiger partial charge >= 0.3 is 0 Å². The molecule has 1 aliphatic carbocycles. The molecule has 0 saturated heterocycles. The van der Waals surface area contributed by atoms with Crippen LogP contribution in [0.1, 0.15) is 29.8 Å². The van der Waals surface area contributed by atoms with Gasteiger partial charge in [0.2, 0.25) is 0 Å². The van der Waals surface area contributed by atoms with E-state index in [2.05, 4.69) is 10.4 Å². The smallest absolute Gasteiger partial charge is 0.171 e. The standard InChI is InChI=1S/C16H20FN3O/c1-10-16(11(2)20(3)19-10)21-15-7-12(6-13(17)8-15)9-18-14-4-5-14/h6-8,14,18H,4-5,9H2,1-3H3. The summed E-state index contributed by atoms with van der Waals surface area (Å²) in [6.07, 6.45) is 2.43. The molecule has 4 nitrogen and oxygen atoms in total. The van der Waals surface area contributed by atoms with Crippen molar-refractivity contribution in [3.63, 3.8) is 0 Å². The van der Waals surface area contributed by atoms with E-state index in [0.29, 0.717) is 24.1 Å². The molecule has 2 aromatic rings. The second-order valence-electron chi connectivity index (χ2n) is 5.68. The minimum absolute atomic E-state index is 0.278. The van der Waals surface area contributed by atoms with E-state index in [-0.39, 0.29) is 5.82 Å². The summed E-state index contributed by atoms with van der Waals surface area (Å²) >= 11 is 0. The van der Waals surface area contributed by atoms with Crippen LogP contribution in [0.5, 0.6) is 11.5 Å². The highest BCUT2D eigenvalue weighted by Gasteiger charge is 2.20. The van der Waals surface area contributed by atoms with Crippen LogP contribution >= 0.6 is 0 Å². The zero-order valence-electron chi connectivity index (χ0n) is 12.6. The molecule has 1 aromatic carbocycles. The van der Waals surface area contributed by atoms with Gasteiger partial charge in [-0.3, -0.25) is 4.68 Å². The Balaban J connectivity index is 1.80. The van der Waals surface area contributed by atoms with Gasteiger partial charge in [-0.05, 0) is 44.4 Å². The Morgan fingerprint density at radius 3 is 2.71 bits per heavy atom. The number of hydrogen-bond acceptors (Lipinski definition) is 3. The summed E-state index contributed by atoms with van der Waals surface area (Å²) in [6, 6.07) is 5.43. The van der Waals surface area contributed by atoms with E-state index in [1.807, 2.05) is 27.0 Å². The predicted molar refractivity (Wildman–Crippen MR) is 79.0 cm³/mol. The van der Waals surface area contributed by atoms with Crippen molar-refractivity contribution in [3.8, 4) is 11.5 Å². The second-order valence-corrected chi connectivity index (χ2v) is 5.68. The molecule has 112 valence electrons. The van der Waals surface area contributed by atoms with Crippen LogP contribution < -0.4 is 10.1 Å². The van der Waals surface area contributed by atoms with E-state index < -0.39 is 0 Å². The molecule has 5 heteroatoms. The molecule has 0 amide bonds. The number of ether oxygens (including phenoxy) is 1. The van der Waals surface area contributed by atoms with Crippen molar-refractivity contribution in [3.05, 3.63) is 41.0 Å². The van der Waals surface area contributed by atoms with Crippen LogP contribution in [0.25, 0.3) is 0 Å². The average Bonchev–Trinajstić information content (AvgIpc) is 3.21. The highest BCUT2D eigenvalue weighted by molar-refractivity contribution is 5.39. The Bertz CT molecular complexity index is 662. The van der Waals surface area contributed by atoms with Gasteiger partial charge in [-0.25, -0.2) is 4.39 Å². The van der Waals surface area contributed by atoms with Crippen LogP contribution in [-0.4, -0.2) is 15.8 Å². The molecule has 0 bridgehead atoms. The lowest BCUT2D eigenvalue weighted by atomic mass is 10.2. The number of nitrogens with zero attached hydrogens (tertiary/aromatic N) is 2. The third-order valence-corrected chi connectivity index (χ3v) is 3.77. The summed E-state index contributed by atoms with van der Waals surface area (Å²) in [5.41, 5.74) is 2.63. The van der Waals surface area contributed by atoms with Crippen molar-refractivity contribution in [2.75, 3.05) is 0 Å². The van der Waals surface area contributed by atoms with Crippen LogP contribution in [0.4, 0.5) is 4.39 Å². The van der Waals surface area contributed by atoms with E-state index in [1.54, 1.807) is 10.7 Å². The van der Waals surface area contributed by atoms with Crippen molar-refractivity contribution in [2.24, 2.45) is 7.05 Å². The lowest BCUT2D eigenvalue weighted by molar-refractivity contribution is 0.467. The Kier molecular flexibility index (Phi) is 3.68. The molecule has 1 N–H and O–H groups in total. The number of benzene rings is 1. The first-order valence-corrected chi connectivity index (χ1v) is 7.24. The van der Waals surface area contributed by atoms with Crippen molar-refractivity contribution < 1.29 is 9.13 Å².